The second-order valence-corrected chi connectivity index (χ2v) is 6.15. The molecule has 1 aromatic carbocycles. The number of carbonyl (C=O) groups is 2. The number of nitrogens with two attached hydrogens (primary N) is 1. The minimum Gasteiger partial charge on any atom is -0.459 e. The van der Waals surface area contributed by atoms with E-state index in [0.717, 1.165) is 10.9 Å². The molecule has 1 amide bonds. The molecule has 0 radical (unpaired) electrons. The van der Waals surface area contributed by atoms with Crippen LogP contribution in [0.2, 0.25) is 0 Å². The van der Waals surface area contributed by atoms with E-state index < -0.39 is 11.6 Å². The lowest BCUT2D eigenvalue weighted by Gasteiger charge is -2.25. The van der Waals surface area contributed by atoms with Crippen LogP contribution in [0.25, 0.3) is 10.9 Å². The smallest absolute Gasteiger partial charge is 0.326 e. The van der Waals surface area contributed by atoms with E-state index in [2.05, 4.69) is 4.98 Å². The predicted molar refractivity (Wildman–Crippen MR) is 89.0 cm³/mol. The number of pyridine rings is 1. The van der Waals surface area contributed by atoms with Crippen LogP contribution in [-0.2, 0) is 14.3 Å². The van der Waals surface area contributed by atoms with Crippen molar-refractivity contribution in [2.75, 3.05) is 18.0 Å². The van der Waals surface area contributed by atoms with Gasteiger partial charge in [0, 0.05) is 17.3 Å². The molecule has 0 saturated carbocycles. The van der Waals surface area contributed by atoms with Gasteiger partial charge in [0.25, 0.3) is 0 Å². The van der Waals surface area contributed by atoms with Crippen LogP contribution in [-0.4, -0.2) is 35.6 Å². The van der Waals surface area contributed by atoms with Gasteiger partial charge in [-0.25, -0.2) is 0 Å². The number of aromatic nitrogens is 1. The minimum absolute atomic E-state index is 0.181. The monoisotopic (exact) mass is 315 g/mol. The number of carbonyl (C=O) groups excluding carboxylic acids is 2. The van der Waals surface area contributed by atoms with E-state index in [1.54, 1.807) is 45.2 Å². The zero-order valence-electron chi connectivity index (χ0n) is 13.6. The fourth-order valence-electron chi connectivity index (χ4n) is 2.17. The van der Waals surface area contributed by atoms with Gasteiger partial charge in [0.1, 0.15) is 12.1 Å². The average molecular weight is 315 g/mol. The standard InChI is InChI=1S/C17H21N3O3/c1-17(2,3)23-16(22)11-20(15(21)10-18)13-6-7-14-12(9-13)5-4-8-19-14/h4-9H,10-11,18H2,1-3H3. The molecule has 2 rings (SSSR count). The van der Waals surface area contributed by atoms with Gasteiger partial charge in [-0.05, 0) is 45.0 Å². The van der Waals surface area contributed by atoms with Crippen LogP contribution < -0.4 is 10.6 Å². The molecule has 0 atom stereocenters. The van der Waals surface area contributed by atoms with Gasteiger partial charge in [0.2, 0.25) is 5.91 Å². The summed E-state index contributed by atoms with van der Waals surface area (Å²) in [6.45, 7) is 4.97. The molecule has 2 N–H and O–H groups in total. The summed E-state index contributed by atoms with van der Waals surface area (Å²) in [6.07, 6.45) is 1.70. The van der Waals surface area contributed by atoms with Gasteiger partial charge in [0.05, 0.1) is 12.1 Å². The van der Waals surface area contributed by atoms with Crippen LogP contribution in [0.15, 0.2) is 36.5 Å². The largest absolute Gasteiger partial charge is 0.459 e. The molecule has 2 aromatic rings. The molecular weight excluding hydrogens is 294 g/mol. The maximum absolute atomic E-state index is 12.1. The Labute approximate surface area is 135 Å². The molecule has 1 aromatic heterocycles. The van der Waals surface area contributed by atoms with Gasteiger partial charge in [-0.15, -0.1) is 0 Å². The van der Waals surface area contributed by atoms with Crippen LogP contribution in [0.5, 0.6) is 0 Å². The zero-order valence-corrected chi connectivity index (χ0v) is 13.6. The third kappa shape index (κ3) is 4.50. The average Bonchev–Trinajstić information content (AvgIpc) is 2.49. The molecule has 0 bridgehead atoms. The highest BCUT2D eigenvalue weighted by Crippen LogP contribution is 2.21. The summed E-state index contributed by atoms with van der Waals surface area (Å²) >= 11 is 0. The predicted octanol–water partition coefficient (Wildman–Crippen LogP) is 1.87. The summed E-state index contributed by atoms with van der Waals surface area (Å²) in [5, 5.41) is 0.879. The van der Waals surface area contributed by atoms with E-state index in [9.17, 15) is 9.59 Å². The van der Waals surface area contributed by atoms with E-state index in [0.29, 0.717) is 5.69 Å². The third-order valence-electron chi connectivity index (χ3n) is 3.08. The Balaban J connectivity index is 2.29. The Kier molecular flexibility index (Phi) is 4.95. The van der Waals surface area contributed by atoms with Gasteiger partial charge in [0.15, 0.2) is 0 Å². The first-order valence-electron chi connectivity index (χ1n) is 7.37. The number of esters is 1. The number of anilines is 1. The molecule has 6 heteroatoms. The second-order valence-electron chi connectivity index (χ2n) is 6.15. The van der Waals surface area contributed by atoms with E-state index >= 15 is 0 Å². The summed E-state index contributed by atoms with van der Waals surface area (Å²) in [6, 6.07) is 9.06. The SMILES string of the molecule is CC(C)(C)OC(=O)CN(C(=O)CN)c1ccc2ncccc2c1. The lowest BCUT2D eigenvalue weighted by atomic mass is 10.2. The lowest BCUT2D eigenvalue weighted by molar-refractivity contribution is -0.153. The van der Waals surface area contributed by atoms with Crippen LogP contribution in [0.1, 0.15) is 20.8 Å². The summed E-state index contributed by atoms with van der Waals surface area (Å²) in [5.41, 5.74) is 6.26. The Morgan fingerprint density at radius 1 is 1.26 bits per heavy atom. The number of nitrogens with zero attached hydrogens (tertiary/aromatic N) is 2. The summed E-state index contributed by atoms with van der Waals surface area (Å²) in [7, 11) is 0. The number of amides is 1. The normalized spacial score (nSPS) is 11.3. The first kappa shape index (κ1) is 16.9. The molecular formula is C17H21N3O3. The van der Waals surface area contributed by atoms with Crippen molar-refractivity contribution in [1.29, 1.82) is 0 Å². The first-order chi connectivity index (χ1) is 10.8. The van der Waals surface area contributed by atoms with Crippen molar-refractivity contribution in [3.05, 3.63) is 36.5 Å². The summed E-state index contributed by atoms with van der Waals surface area (Å²) < 4.78 is 5.29. The van der Waals surface area contributed by atoms with Gasteiger partial charge in [-0.2, -0.15) is 0 Å². The van der Waals surface area contributed by atoms with Crippen molar-refractivity contribution in [1.82, 2.24) is 4.98 Å². The number of fused-ring (bicyclic) bond motifs is 1. The molecule has 23 heavy (non-hydrogen) atoms. The van der Waals surface area contributed by atoms with Crippen LogP contribution in [0.3, 0.4) is 0 Å². The van der Waals surface area contributed by atoms with Crippen LogP contribution in [0.4, 0.5) is 5.69 Å². The van der Waals surface area contributed by atoms with Crippen molar-refractivity contribution in [3.63, 3.8) is 0 Å². The number of hydrogen-bond acceptors (Lipinski definition) is 5. The second kappa shape index (κ2) is 6.75. The zero-order chi connectivity index (χ0) is 17.0. The highest BCUT2D eigenvalue weighted by Gasteiger charge is 2.22. The van der Waals surface area contributed by atoms with E-state index in [4.69, 9.17) is 10.5 Å². The number of rotatable bonds is 4. The Bertz CT molecular complexity index is 722. The number of hydrogen-bond donors (Lipinski definition) is 1. The highest BCUT2D eigenvalue weighted by atomic mass is 16.6. The van der Waals surface area contributed by atoms with Crippen LogP contribution >= 0.6 is 0 Å². The van der Waals surface area contributed by atoms with Crippen molar-refractivity contribution in [2.24, 2.45) is 5.73 Å². The molecule has 0 unspecified atom stereocenters. The molecule has 122 valence electrons. The van der Waals surface area contributed by atoms with Crippen molar-refractivity contribution in [2.45, 2.75) is 26.4 Å². The summed E-state index contributed by atoms with van der Waals surface area (Å²) in [4.78, 5) is 29.8. The quantitative estimate of drug-likeness (QED) is 0.871. The molecule has 1 heterocycles. The van der Waals surface area contributed by atoms with Crippen molar-refractivity contribution in [3.8, 4) is 0 Å². The summed E-state index contributed by atoms with van der Waals surface area (Å²) in [5.74, 6) is -0.829. The maximum Gasteiger partial charge on any atom is 0.326 e. The molecule has 0 aliphatic carbocycles. The fraction of sp³-hybridized carbons (Fsp3) is 0.353. The topological polar surface area (TPSA) is 85.5 Å². The van der Waals surface area contributed by atoms with E-state index in [1.807, 2.05) is 12.1 Å². The molecule has 0 spiro atoms. The molecule has 0 aliphatic heterocycles. The van der Waals surface area contributed by atoms with Crippen molar-refractivity contribution < 1.29 is 14.3 Å². The Morgan fingerprint density at radius 2 is 2.00 bits per heavy atom. The first-order valence-corrected chi connectivity index (χ1v) is 7.37. The number of benzene rings is 1. The molecule has 0 saturated heterocycles. The third-order valence-corrected chi connectivity index (χ3v) is 3.08. The molecule has 6 nitrogen and oxygen atoms in total. The van der Waals surface area contributed by atoms with Gasteiger partial charge < -0.3 is 15.4 Å². The molecule has 0 fully saturated rings. The lowest BCUT2D eigenvalue weighted by Crippen LogP contribution is -2.41. The fourth-order valence-corrected chi connectivity index (χ4v) is 2.17. The Hall–Kier alpha value is -2.47. The maximum atomic E-state index is 12.1. The van der Waals surface area contributed by atoms with Gasteiger partial charge in [-0.1, -0.05) is 6.07 Å². The Morgan fingerprint density at radius 3 is 2.65 bits per heavy atom. The van der Waals surface area contributed by atoms with E-state index in [1.165, 1.54) is 4.90 Å². The van der Waals surface area contributed by atoms with Crippen LogP contribution in [0, 0.1) is 0 Å². The van der Waals surface area contributed by atoms with Gasteiger partial charge in [-0.3, -0.25) is 14.6 Å². The molecule has 0 aliphatic rings. The minimum atomic E-state index is -0.609. The van der Waals surface area contributed by atoms with E-state index in [-0.39, 0.29) is 19.0 Å². The number of ether oxygens (including phenoxy) is 1. The van der Waals surface area contributed by atoms with Crippen molar-refractivity contribution >= 4 is 28.5 Å². The highest BCUT2D eigenvalue weighted by molar-refractivity contribution is 6.00. The van der Waals surface area contributed by atoms with Gasteiger partial charge >= 0.3 is 5.97 Å².